The lowest BCUT2D eigenvalue weighted by Crippen LogP contribution is -1.86. The van der Waals surface area contributed by atoms with Gasteiger partial charge in [0, 0.05) is 81.6 Å². The summed E-state index contributed by atoms with van der Waals surface area (Å²) >= 11 is 0. The van der Waals surface area contributed by atoms with Gasteiger partial charge in [-0.3, -0.25) is 4.98 Å². The predicted molar refractivity (Wildman–Crippen MR) is 587 cm³/mol. The average Bonchev–Trinajstić information content (AvgIpc) is 0.787. The number of hydrogen-bond acceptors (Lipinski definition) is 19. The summed E-state index contributed by atoms with van der Waals surface area (Å²) in [5, 5.41) is 87.8. The Balaban J connectivity index is 0.000000739. The Labute approximate surface area is 811 Å². The summed E-state index contributed by atoms with van der Waals surface area (Å²) in [5.74, 6) is 0. The maximum Gasteiger partial charge on any atom is 0.0958 e. The van der Waals surface area contributed by atoms with E-state index in [0.29, 0.717) is 0 Å². The van der Waals surface area contributed by atoms with E-state index in [-0.39, 0.29) is 0 Å². The molecule has 21 rings (SSSR count). The number of pyridine rings is 1. The van der Waals surface area contributed by atoms with Gasteiger partial charge in [-0.2, -0.15) is 91.8 Å². The van der Waals surface area contributed by atoms with Crippen LogP contribution in [0, 0.1) is 69.2 Å². The van der Waals surface area contributed by atoms with Gasteiger partial charge in [0.2, 0.25) is 0 Å². The summed E-state index contributed by atoms with van der Waals surface area (Å²) < 4.78 is 0. The zero-order valence-electron chi connectivity index (χ0n) is 87.1. The maximum atomic E-state index is 4.47. The van der Waals surface area contributed by atoms with E-state index in [4.69, 9.17) is 0 Å². The average molecular weight is 1820 g/mol. The van der Waals surface area contributed by atoms with Crippen LogP contribution >= 0.6 is 0 Å². The Hall–Kier alpha value is -14.9. The molecule has 10 aromatic heterocycles. The molecule has 0 N–H and O–H groups in total. The third-order valence-electron chi connectivity index (χ3n) is 18.2. The first-order valence-electron chi connectivity index (χ1n) is 48.0. The first kappa shape index (κ1) is 119. The van der Waals surface area contributed by atoms with Gasteiger partial charge in [0.05, 0.1) is 112 Å². The highest BCUT2D eigenvalue weighted by Gasteiger charge is 2.04. The first-order valence-corrected chi connectivity index (χ1v) is 48.0. The highest BCUT2D eigenvalue weighted by molar-refractivity contribution is 6.05. The van der Waals surface area contributed by atoms with Crippen LogP contribution in [0.2, 0.25) is 0 Å². The number of aromatic nitrogens is 19. The van der Waals surface area contributed by atoms with E-state index in [1.54, 1.807) is 62.0 Å². The highest BCUT2D eigenvalue weighted by atomic mass is 15.1. The molecular weight excluding hydrogens is 1670 g/mol. The van der Waals surface area contributed by atoms with Crippen LogP contribution in [-0.4, -0.2) is 96.8 Å². The fourth-order valence-corrected chi connectivity index (χ4v) is 12.2. The van der Waals surface area contributed by atoms with Crippen molar-refractivity contribution in [2.45, 2.75) is 222 Å². The van der Waals surface area contributed by atoms with Crippen molar-refractivity contribution in [3.05, 3.63) is 379 Å². The highest BCUT2D eigenvalue weighted by Crippen LogP contribution is 2.25. The molecule has 19 nitrogen and oxygen atoms in total. The fraction of sp³-hybridized carbons (Fsp3) is 0.274. The van der Waals surface area contributed by atoms with Crippen LogP contribution < -0.4 is 0 Å². The number of nitrogens with zero attached hydrogens (tertiary/aromatic N) is 19. The summed E-state index contributed by atoms with van der Waals surface area (Å²) in [4.78, 5) is 4.47. The lowest BCUT2D eigenvalue weighted by Gasteiger charge is -2.03. The summed E-state index contributed by atoms with van der Waals surface area (Å²) in [6.45, 7) is 64.4. The molecule has 136 heavy (non-hydrogen) atoms. The van der Waals surface area contributed by atoms with Crippen molar-refractivity contribution in [3.8, 4) is 0 Å². The predicted octanol–water partition coefficient (Wildman–Crippen LogP) is 32.4. The van der Waals surface area contributed by atoms with Crippen LogP contribution in [0.15, 0.2) is 323 Å². The summed E-state index contributed by atoms with van der Waals surface area (Å²) in [6.07, 6.45) is 19.5. The molecule has 0 spiro atoms. The zero-order chi connectivity index (χ0) is 101. The van der Waals surface area contributed by atoms with Crippen LogP contribution in [0.3, 0.4) is 0 Å². The Morgan fingerprint density at radius 3 is 1.14 bits per heavy atom. The second-order valence-electron chi connectivity index (χ2n) is 26.9. The molecule has 21 aromatic rings. The zero-order valence-corrected chi connectivity index (χ0v) is 87.1. The maximum absolute atomic E-state index is 4.47. The Morgan fingerprint density at radius 2 is 0.537 bits per heavy atom. The third-order valence-corrected chi connectivity index (χ3v) is 18.2. The van der Waals surface area contributed by atoms with Gasteiger partial charge in [-0.05, 0) is 187 Å². The van der Waals surface area contributed by atoms with E-state index in [1.807, 2.05) is 351 Å². The van der Waals surface area contributed by atoms with Crippen molar-refractivity contribution in [2.24, 2.45) is 0 Å². The van der Waals surface area contributed by atoms with E-state index >= 15 is 0 Å². The van der Waals surface area contributed by atoms with E-state index in [2.05, 4.69) is 228 Å². The van der Waals surface area contributed by atoms with Crippen LogP contribution in [0.1, 0.15) is 208 Å². The normalized spacial score (nSPS) is 9.18. The van der Waals surface area contributed by atoms with Crippen molar-refractivity contribution in [2.75, 3.05) is 0 Å². The van der Waals surface area contributed by atoms with Crippen LogP contribution in [0.4, 0.5) is 0 Å². The SMILES string of the molecule is CC.CC.CC.CC.CC.CC.CC.CC.CC.CC.CC.Cc1cc2ccccc2nn1.Cc1ccc2c(c1)ncc1ccccc12.Cc1ccc2ccnnc2c1.Cc1ccc2cnncc2c1.Cc1ccc2nnccc2c1.Cc1cccc2ccnnc12.Cc1cccc2cnncc12.Cc1cccc2nnccc12.Cc1cnnc2ccccc12.Cc1nncc2ccccc12. The second-order valence-corrected chi connectivity index (χ2v) is 26.9. The Bertz CT molecular complexity index is 5960. The topological polar surface area (TPSA) is 245 Å². The Kier molecular flexibility index (Phi) is 63.7. The Morgan fingerprint density at radius 1 is 0.162 bits per heavy atom. The summed E-state index contributed by atoms with van der Waals surface area (Å²) in [5.41, 5.74) is 18.7. The van der Waals surface area contributed by atoms with Gasteiger partial charge >= 0.3 is 0 Å². The van der Waals surface area contributed by atoms with Crippen LogP contribution in [0.5, 0.6) is 0 Å². The van der Waals surface area contributed by atoms with Crippen molar-refractivity contribution in [1.82, 2.24) is 96.8 Å². The number of hydrogen-bond donors (Lipinski definition) is 0. The largest absolute Gasteiger partial charge is 0.256 e. The molecule has 0 atom stereocenters. The molecule has 712 valence electrons. The molecule has 0 amide bonds. The number of benzene rings is 11. The van der Waals surface area contributed by atoms with E-state index in [9.17, 15) is 0 Å². The minimum atomic E-state index is 0.957. The van der Waals surface area contributed by atoms with Crippen LogP contribution in [-0.2, 0) is 0 Å². The molecule has 0 saturated carbocycles. The van der Waals surface area contributed by atoms with E-state index in [1.165, 1.54) is 82.2 Å². The number of rotatable bonds is 0. The summed E-state index contributed by atoms with van der Waals surface area (Å²) in [6, 6.07) is 85.6. The van der Waals surface area contributed by atoms with Gasteiger partial charge in [-0.25, -0.2) is 0 Å². The van der Waals surface area contributed by atoms with Gasteiger partial charge in [-0.15, -0.1) is 0 Å². The molecule has 0 saturated heterocycles. The molecule has 0 aliphatic rings. The quantitative estimate of drug-likeness (QED) is 0.128. The lowest BCUT2D eigenvalue weighted by atomic mass is 10.1. The second kappa shape index (κ2) is 72.7. The molecule has 0 aliphatic heterocycles. The number of fused-ring (bicyclic) bond motifs is 12. The van der Waals surface area contributed by atoms with Crippen molar-refractivity contribution >= 4 is 119 Å². The molecule has 0 aliphatic carbocycles. The van der Waals surface area contributed by atoms with E-state index in [0.717, 1.165) is 93.1 Å². The minimum absolute atomic E-state index is 0.957. The minimum Gasteiger partial charge on any atom is -0.256 e. The molecule has 10 heterocycles. The van der Waals surface area contributed by atoms with Gasteiger partial charge in [0.25, 0.3) is 0 Å². The van der Waals surface area contributed by atoms with Crippen molar-refractivity contribution < 1.29 is 0 Å². The lowest BCUT2D eigenvalue weighted by molar-refractivity contribution is 1.00. The van der Waals surface area contributed by atoms with Gasteiger partial charge in [-0.1, -0.05) is 339 Å². The molecule has 0 fully saturated rings. The van der Waals surface area contributed by atoms with Crippen LogP contribution in [0.25, 0.3) is 119 Å². The monoisotopic (exact) mass is 1820 g/mol. The first-order chi connectivity index (χ1) is 66.7. The van der Waals surface area contributed by atoms with Gasteiger partial charge in [0.1, 0.15) is 0 Å². The summed E-state index contributed by atoms with van der Waals surface area (Å²) in [7, 11) is 0. The fourth-order valence-electron chi connectivity index (χ4n) is 12.2. The molecule has 19 heteroatoms. The van der Waals surface area contributed by atoms with Gasteiger partial charge in [0.15, 0.2) is 0 Å². The van der Waals surface area contributed by atoms with Gasteiger partial charge < -0.3 is 0 Å². The standard InChI is InChI=1S/C14H11N.9C9H8N2.11C2H6/c1-10-6-7-13-12-5-3-2-4-11(12)9-15-14(13)8-10;1-7-2-3-8-5-10-11-6-9(8)4-7;1-7-2-3-9-8(6-7)4-5-10-11-9;1-7-2-3-8-4-5-10-11-9(8)6-7;1-7-3-2-4-8-5-10-11-6-9(7)8;1-7-3-2-4-9-8(7)5-6-10-11-9;1-7-3-2-4-8-5-6-10-11-9(7)8;1-7-9-5-3-2-4-8(9)6-10-11-7;1-7-6-10-11-9-5-3-2-4-8(7)9;1-7-6-8-4-2-3-5-9(8)11-10-7;11*1-2/h2-9H,1H3;9*2-6H,1H3;11*1-2H3. The number of aryl methyl sites for hydroxylation is 10. The molecule has 11 aromatic carbocycles. The van der Waals surface area contributed by atoms with E-state index < -0.39 is 0 Å². The molecule has 0 radical (unpaired) electrons. The third kappa shape index (κ3) is 40.3. The smallest absolute Gasteiger partial charge is 0.0958 e. The molecule has 0 bridgehead atoms. The van der Waals surface area contributed by atoms with Crippen molar-refractivity contribution in [3.63, 3.8) is 0 Å². The molecular formula is C117H149N19. The molecule has 0 unspecified atom stereocenters. The van der Waals surface area contributed by atoms with Crippen molar-refractivity contribution in [1.29, 1.82) is 0 Å².